The Morgan fingerprint density at radius 3 is 1.97 bits per heavy atom. The van der Waals surface area contributed by atoms with Gasteiger partial charge in [0, 0.05) is 32.9 Å². The van der Waals surface area contributed by atoms with Crippen LogP contribution in [0.4, 0.5) is 0 Å². The second-order valence-corrected chi connectivity index (χ2v) is 10.8. The molecular formula is C30H30N4O3S. The fraction of sp³-hybridized carbons (Fsp3) is 0.133. The molecule has 0 bridgehead atoms. The van der Waals surface area contributed by atoms with Crippen LogP contribution in [0.25, 0.3) is 12.2 Å². The van der Waals surface area contributed by atoms with Gasteiger partial charge in [-0.25, -0.2) is 8.96 Å². The molecule has 0 saturated heterocycles. The number of rotatable bonds is 10. The van der Waals surface area contributed by atoms with Gasteiger partial charge in [-0.3, -0.25) is 4.79 Å². The highest BCUT2D eigenvalue weighted by Gasteiger charge is 2.25. The van der Waals surface area contributed by atoms with Crippen LogP contribution in [0.2, 0.25) is 0 Å². The van der Waals surface area contributed by atoms with E-state index in [-0.39, 0.29) is 18.5 Å². The van der Waals surface area contributed by atoms with Crippen LogP contribution in [0.5, 0.6) is 0 Å². The summed E-state index contributed by atoms with van der Waals surface area (Å²) in [6.07, 6.45) is 9.63. The molecule has 0 unspecified atom stereocenters. The normalized spacial score (nSPS) is 12.1. The number of imidazole rings is 1. The fourth-order valence-electron chi connectivity index (χ4n) is 3.98. The molecule has 0 spiro atoms. The zero-order valence-corrected chi connectivity index (χ0v) is 22.1. The van der Waals surface area contributed by atoms with Crippen LogP contribution >= 0.6 is 0 Å². The van der Waals surface area contributed by atoms with E-state index in [4.69, 9.17) is 0 Å². The lowest BCUT2D eigenvalue weighted by molar-refractivity contribution is -0.127. The van der Waals surface area contributed by atoms with Crippen LogP contribution in [-0.2, 0) is 15.0 Å². The number of amides is 1. The van der Waals surface area contributed by atoms with Gasteiger partial charge in [0.25, 0.3) is 0 Å². The van der Waals surface area contributed by atoms with E-state index >= 15 is 0 Å². The van der Waals surface area contributed by atoms with Crippen molar-refractivity contribution >= 4 is 28.3 Å². The molecule has 7 nitrogen and oxygen atoms in total. The number of carbonyl (C=O) groups is 1. The Morgan fingerprint density at radius 2 is 1.42 bits per heavy atom. The molecule has 0 fully saturated rings. The van der Waals surface area contributed by atoms with Crippen molar-refractivity contribution in [1.29, 1.82) is 0 Å². The summed E-state index contributed by atoms with van der Waals surface area (Å²) >= 11 is 0. The van der Waals surface area contributed by atoms with E-state index in [0.29, 0.717) is 5.69 Å². The van der Waals surface area contributed by atoms with E-state index in [0.717, 1.165) is 25.0 Å². The molecule has 1 aromatic heterocycles. The van der Waals surface area contributed by atoms with Crippen molar-refractivity contribution in [2.75, 3.05) is 20.6 Å². The maximum atomic E-state index is 13.7. The standard InChI is InChI=1S/C30H30N4O3S/c1-32(2)38(36,37)33-23-28(31-24-33)19-12-22-34(29(35)21-20-25-13-6-3-7-14-25)30(26-15-8-4-9-16-26)27-17-10-5-11-18-27/h3-21,23-24,30H,22H2,1-2H3/b19-12+,21-20+. The van der Waals surface area contributed by atoms with Crippen LogP contribution in [0.3, 0.4) is 0 Å². The van der Waals surface area contributed by atoms with Gasteiger partial charge in [0.1, 0.15) is 6.33 Å². The Kier molecular flexibility index (Phi) is 8.68. The highest BCUT2D eigenvalue weighted by Crippen LogP contribution is 2.29. The molecule has 0 N–H and O–H groups in total. The Labute approximate surface area is 224 Å². The van der Waals surface area contributed by atoms with Crippen LogP contribution < -0.4 is 0 Å². The third-order valence-corrected chi connectivity index (χ3v) is 7.60. The number of hydrogen-bond acceptors (Lipinski definition) is 4. The van der Waals surface area contributed by atoms with Gasteiger partial charge in [0.2, 0.25) is 5.91 Å². The van der Waals surface area contributed by atoms with Gasteiger partial charge < -0.3 is 4.90 Å². The lowest BCUT2D eigenvalue weighted by Crippen LogP contribution is -2.34. The quantitative estimate of drug-likeness (QED) is 0.276. The Balaban J connectivity index is 1.67. The van der Waals surface area contributed by atoms with E-state index in [1.54, 1.807) is 23.1 Å². The summed E-state index contributed by atoms with van der Waals surface area (Å²) in [7, 11) is -0.724. The molecule has 4 aromatic rings. The van der Waals surface area contributed by atoms with Crippen LogP contribution in [0, 0.1) is 0 Å². The summed E-state index contributed by atoms with van der Waals surface area (Å²) < 4.78 is 26.9. The second kappa shape index (κ2) is 12.3. The SMILES string of the molecule is CN(C)S(=O)(=O)n1cnc(/C=C/CN(C(=O)/C=C/c2ccccc2)C(c2ccccc2)c2ccccc2)c1. The van der Waals surface area contributed by atoms with Crippen molar-refractivity contribution in [1.82, 2.24) is 18.2 Å². The molecule has 0 saturated carbocycles. The summed E-state index contributed by atoms with van der Waals surface area (Å²) in [6.45, 7) is 0.277. The molecule has 38 heavy (non-hydrogen) atoms. The maximum absolute atomic E-state index is 13.7. The predicted octanol–water partition coefficient (Wildman–Crippen LogP) is 4.88. The summed E-state index contributed by atoms with van der Waals surface area (Å²) in [5, 5.41) is 0. The van der Waals surface area contributed by atoms with Gasteiger partial charge >= 0.3 is 10.2 Å². The summed E-state index contributed by atoms with van der Waals surface area (Å²) in [4.78, 5) is 19.6. The molecule has 0 aliphatic carbocycles. The molecule has 0 aliphatic rings. The molecule has 0 radical (unpaired) electrons. The first-order chi connectivity index (χ1) is 18.4. The lowest BCUT2D eigenvalue weighted by atomic mass is 9.96. The third kappa shape index (κ3) is 6.53. The van der Waals surface area contributed by atoms with Crippen molar-refractivity contribution in [3.05, 3.63) is 138 Å². The molecule has 8 heteroatoms. The van der Waals surface area contributed by atoms with Crippen molar-refractivity contribution in [2.45, 2.75) is 6.04 Å². The van der Waals surface area contributed by atoms with Crippen LogP contribution in [0.15, 0.2) is 116 Å². The third-order valence-electron chi connectivity index (χ3n) is 5.94. The van der Waals surface area contributed by atoms with Crippen LogP contribution in [0.1, 0.15) is 28.4 Å². The van der Waals surface area contributed by atoms with Gasteiger partial charge in [0.15, 0.2) is 0 Å². The van der Waals surface area contributed by atoms with E-state index < -0.39 is 10.2 Å². The fourth-order valence-corrected chi connectivity index (χ4v) is 4.77. The largest absolute Gasteiger partial charge is 0.324 e. The maximum Gasteiger partial charge on any atom is 0.308 e. The van der Waals surface area contributed by atoms with Crippen molar-refractivity contribution < 1.29 is 13.2 Å². The first-order valence-corrected chi connectivity index (χ1v) is 13.5. The van der Waals surface area contributed by atoms with Gasteiger partial charge in [-0.1, -0.05) is 97.1 Å². The van der Waals surface area contributed by atoms with Gasteiger partial charge in [-0.15, -0.1) is 0 Å². The Hall–Kier alpha value is -4.27. The summed E-state index contributed by atoms with van der Waals surface area (Å²) in [6, 6.07) is 29.1. The number of benzene rings is 3. The smallest absolute Gasteiger partial charge is 0.308 e. The summed E-state index contributed by atoms with van der Waals surface area (Å²) in [5.74, 6) is -0.156. The molecule has 3 aromatic carbocycles. The van der Waals surface area contributed by atoms with E-state index in [2.05, 4.69) is 4.98 Å². The van der Waals surface area contributed by atoms with Gasteiger partial charge in [-0.05, 0) is 28.8 Å². The lowest BCUT2D eigenvalue weighted by Gasteiger charge is -2.31. The van der Waals surface area contributed by atoms with Gasteiger partial charge in [0.05, 0.1) is 11.7 Å². The van der Waals surface area contributed by atoms with Gasteiger partial charge in [-0.2, -0.15) is 12.7 Å². The zero-order valence-electron chi connectivity index (χ0n) is 21.3. The number of aromatic nitrogens is 2. The molecule has 0 aliphatic heterocycles. The zero-order chi connectivity index (χ0) is 27.0. The number of nitrogens with zero attached hydrogens (tertiary/aromatic N) is 4. The van der Waals surface area contributed by atoms with Crippen molar-refractivity contribution in [3.8, 4) is 0 Å². The number of hydrogen-bond donors (Lipinski definition) is 0. The Morgan fingerprint density at radius 1 is 0.868 bits per heavy atom. The Bertz CT molecular complexity index is 1460. The average molecular weight is 527 g/mol. The highest BCUT2D eigenvalue weighted by molar-refractivity contribution is 7.87. The van der Waals surface area contributed by atoms with E-state index in [1.165, 1.54) is 26.6 Å². The highest BCUT2D eigenvalue weighted by atomic mass is 32.2. The minimum Gasteiger partial charge on any atom is -0.324 e. The molecule has 194 valence electrons. The molecule has 1 heterocycles. The monoisotopic (exact) mass is 526 g/mol. The van der Waals surface area contributed by atoms with E-state index in [9.17, 15) is 13.2 Å². The summed E-state index contributed by atoms with van der Waals surface area (Å²) in [5.41, 5.74) is 3.36. The van der Waals surface area contributed by atoms with Crippen LogP contribution in [-0.4, -0.2) is 53.1 Å². The predicted molar refractivity (Wildman–Crippen MR) is 151 cm³/mol. The molecule has 4 rings (SSSR count). The minimum absolute atomic E-state index is 0.156. The second-order valence-electron chi connectivity index (χ2n) is 8.78. The molecular weight excluding hydrogens is 496 g/mol. The first-order valence-electron chi connectivity index (χ1n) is 12.1. The first kappa shape index (κ1) is 26.8. The van der Waals surface area contributed by atoms with Crippen molar-refractivity contribution in [2.24, 2.45) is 0 Å². The number of carbonyl (C=O) groups excluding carboxylic acids is 1. The van der Waals surface area contributed by atoms with E-state index in [1.807, 2.05) is 97.1 Å². The minimum atomic E-state index is -3.65. The average Bonchev–Trinajstić information content (AvgIpc) is 3.43. The molecule has 0 atom stereocenters. The van der Waals surface area contributed by atoms with Crippen molar-refractivity contribution in [3.63, 3.8) is 0 Å². The topological polar surface area (TPSA) is 75.5 Å². The molecule has 1 amide bonds.